The molecule has 34 heavy (non-hydrogen) atoms. The molecule has 182 valence electrons. The van der Waals surface area contributed by atoms with E-state index in [-0.39, 0.29) is 18.2 Å². The largest absolute Gasteiger partial charge is 0.480 e. The molecule has 1 aliphatic carbocycles. The first kappa shape index (κ1) is 26.1. The molecular weight excluding hydrogens is 472 g/mol. The van der Waals surface area contributed by atoms with Gasteiger partial charge in [0.05, 0.1) is 5.25 Å². The van der Waals surface area contributed by atoms with Gasteiger partial charge in [-0.05, 0) is 47.6 Å². The average Bonchev–Trinajstić information content (AvgIpc) is 3.28. The van der Waals surface area contributed by atoms with Crippen molar-refractivity contribution in [1.82, 2.24) is 10.6 Å². The van der Waals surface area contributed by atoms with Crippen molar-refractivity contribution < 1.29 is 19.5 Å². The zero-order valence-electron chi connectivity index (χ0n) is 19.4. The zero-order valence-corrected chi connectivity index (χ0v) is 21.0. The highest BCUT2D eigenvalue weighted by molar-refractivity contribution is 7.81. The molecule has 1 aliphatic rings. The second kappa shape index (κ2) is 11.3. The van der Waals surface area contributed by atoms with E-state index in [2.05, 4.69) is 23.3 Å². The van der Waals surface area contributed by atoms with E-state index in [0.29, 0.717) is 17.9 Å². The van der Waals surface area contributed by atoms with Crippen LogP contribution in [0.25, 0.3) is 11.1 Å². The Hall–Kier alpha value is -2.51. The molecule has 1 fully saturated rings. The van der Waals surface area contributed by atoms with Crippen molar-refractivity contribution in [3.05, 3.63) is 59.1 Å². The number of thiol groups is 1. The van der Waals surface area contributed by atoms with Crippen LogP contribution in [0.15, 0.2) is 48.5 Å². The molecule has 2 atom stereocenters. The lowest BCUT2D eigenvalue weighted by Crippen LogP contribution is -2.61. The van der Waals surface area contributed by atoms with Crippen LogP contribution < -0.4 is 10.6 Å². The van der Waals surface area contributed by atoms with E-state index in [1.807, 2.05) is 62.4 Å². The Bertz CT molecular complexity index is 1020. The van der Waals surface area contributed by atoms with Gasteiger partial charge in [-0.15, -0.1) is 0 Å². The molecular formula is C26H31ClN2O4S. The summed E-state index contributed by atoms with van der Waals surface area (Å²) in [7, 11) is 0. The van der Waals surface area contributed by atoms with Crippen molar-refractivity contribution in [2.45, 2.75) is 62.8 Å². The SMILES string of the molecule is CC(C)[C@H](S)C(=O)NC1(C(=O)NC(Cc2ccc(-c3ccc(Cl)cc3)cc2)C(=O)O)CCCC1. The molecule has 6 nitrogen and oxygen atoms in total. The van der Waals surface area contributed by atoms with Gasteiger partial charge in [0.2, 0.25) is 11.8 Å². The van der Waals surface area contributed by atoms with Gasteiger partial charge in [0.1, 0.15) is 11.6 Å². The Morgan fingerprint density at radius 3 is 2.03 bits per heavy atom. The predicted octanol–water partition coefficient (Wildman–Crippen LogP) is 4.50. The molecule has 8 heteroatoms. The van der Waals surface area contributed by atoms with Crippen LogP contribution in [-0.4, -0.2) is 39.7 Å². The standard InChI is InChI=1S/C26H31ClN2O4S/c1-16(2)22(34)23(30)29-26(13-3-4-14-26)25(33)28-21(24(31)32)15-17-5-7-18(8-6-17)19-9-11-20(27)12-10-19/h5-12,16,21-22,34H,3-4,13-15H2,1-2H3,(H,28,33)(H,29,30)(H,31,32)/t21?,22-/m0/s1. The highest BCUT2D eigenvalue weighted by atomic mass is 35.5. The lowest BCUT2D eigenvalue weighted by molar-refractivity contribution is -0.143. The summed E-state index contributed by atoms with van der Waals surface area (Å²) in [6.45, 7) is 3.77. The average molecular weight is 503 g/mol. The van der Waals surface area contributed by atoms with Crippen molar-refractivity contribution >= 4 is 42.0 Å². The van der Waals surface area contributed by atoms with Gasteiger partial charge in [-0.25, -0.2) is 4.79 Å². The van der Waals surface area contributed by atoms with E-state index in [0.717, 1.165) is 29.5 Å². The van der Waals surface area contributed by atoms with Crippen LogP contribution in [0.1, 0.15) is 45.1 Å². The maximum absolute atomic E-state index is 13.2. The first-order chi connectivity index (χ1) is 16.1. The molecule has 1 unspecified atom stereocenters. The number of hydrogen-bond acceptors (Lipinski definition) is 4. The Labute approximate surface area is 210 Å². The third-order valence-corrected chi connectivity index (χ3v) is 7.41. The van der Waals surface area contributed by atoms with Crippen molar-refractivity contribution in [3.63, 3.8) is 0 Å². The van der Waals surface area contributed by atoms with Crippen LogP contribution in [0.2, 0.25) is 5.02 Å². The first-order valence-electron chi connectivity index (χ1n) is 11.5. The molecule has 0 aromatic heterocycles. The number of halogens is 1. The van der Waals surface area contributed by atoms with E-state index in [1.165, 1.54) is 0 Å². The maximum atomic E-state index is 13.2. The normalized spacial score (nSPS) is 16.6. The second-order valence-electron chi connectivity index (χ2n) is 9.24. The van der Waals surface area contributed by atoms with Crippen LogP contribution in [-0.2, 0) is 20.8 Å². The number of rotatable bonds is 9. The number of nitrogens with one attached hydrogen (secondary N) is 2. The predicted molar refractivity (Wildman–Crippen MR) is 137 cm³/mol. The zero-order chi connectivity index (χ0) is 24.9. The highest BCUT2D eigenvalue weighted by Gasteiger charge is 2.44. The fourth-order valence-corrected chi connectivity index (χ4v) is 4.40. The van der Waals surface area contributed by atoms with Crippen LogP contribution >= 0.6 is 24.2 Å². The summed E-state index contributed by atoms with van der Waals surface area (Å²) in [6.07, 6.45) is 2.66. The number of amides is 2. The smallest absolute Gasteiger partial charge is 0.326 e. The van der Waals surface area contributed by atoms with Gasteiger partial charge in [-0.1, -0.05) is 74.7 Å². The number of aliphatic carboxylic acids is 1. The quantitative estimate of drug-likeness (QED) is 0.379. The van der Waals surface area contributed by atoms with Crippen molar-refractivity contribution in [2.75, 3.05) is 0 Å². The summed E-state index contributed by atoms with van der Waals surface area (Å²) in [6, 6.07) is 13.9. The van der Waals surface area contributed by atoms with Gasteiger partial charge >= 0.3 is 5.97 Å². The molecule has 3 N–H and O–H groups in total. The van der Waals surface area contributed by atoms with E-state index < -0.39 is 28.7 Å². The van der Waals surface area contributed by atoms with Gasteiger partial charge in [0.25, 0.3) is 0 Å². The van der Waals surface area contributed by atoms with E-state index in [1.54, 1.807) is 0 Å². The summed E-state index contributed by atoms with van der Waals surface area (Å²) in [4.78, 5) is 37.9. The number of benzene rings is 2. The van der Waals surface area contributed by atoms with Crippen LogP contribution in [0.3, 0.4) is 0 Å². The van der Waals surface area contributed by atoms with Crippen LogP contribution in [0.5, 0.6) is 0 Å². The third-order valence-electron chi connectivity index (χ3n) is 6.33. The minimum absolute atomic E-state index is 0.00691. The Kier molecular flexibility index (Phi) is 8.66. The summed E-state index contributed by atoms with van der Waals surface area (Å²) < 4.78 is 0. The summed E-state index contributed by atoms with van der Waals surface area (Å²) in [5.41, 5.74) is 1.67. The third kappa shape index (κ3) is 6.33. The van der Waals surface area contributed by atoms with E-state index in [9.17, 15) is 19.5 Å². The van der Waals surface area contributed by atoms with Crippen molar-refractivity contribution in [3.8, 4) is 11.1 Å². The van der Waals surface area contributed by atoms with Crippen LogP contribution in [0, 0.1) is 5.92 Å². The Morgan fingerprint density at radius 1 is 1.00 bits per heavy atom. The summed E-state index contributed by atoms with van der Waals surface area (Å²) >= 11 is 10.3. The van der Waals surface area contributed by atoms with Gasteiger partial charge in [-0.3, -0.25) is 9.59 Å². The van der Waals surface area contributed by atoms with Crippen LogP contribution in [0.4, 0.5) is 0 Å². The number of carbonyl (C=O) groups is 3. The summed E-state index contributed by atoms with van der Waals surface area (Å²) in [5, 5.41) is 15.5. The monoisotopic (exact) mass is 502 g/mol. The molecule has 0 spiro atoms. The van der Waals surface area contributed by atoms with Crippen molar-refractivity contribution in [1.29, 1.82) is 0 Å². The number of hydrogen-bond donors (Lipinski definition) is 4. The number of carbonyl (C=O) groups excluding carboxylic acids is 2. The molecule has 0 radical (unpaired) electrons. The van der Waals surface area contributed by atoms with Crippen molar-refractivity contribution in [2.24, 2.45) is 5.92 Å². The highest BCUT2D eigenvalue weighted by Crippen LogP contribution is 2.31. The molecule has 2 aromatic carbocycles. The minimum Gasteiger partial charge on any atom is -0.480 e. The van der Waals surface area contributed by atoms with Gasteiger partial charge < -0.3 is 15.7 Å². The Balaban J connectivity index is 1.71. The maximum Gasteiger partial charge on any atom is 0.326 e. The fraction of sp³-hybridized carbons (Fsp3) is 0.423. The molecule has 1 saturated carbocycles. The minimum atomic E-state index is -1.12. The molecule has 3 rings (SSSR count). The first-order valence-corrected chi connectivity index (χ1v) is 12.4. The topological polar surface area (TPSA) is 95.5 Å². The molecule has 2 amide bonds. The number of carboxylic acid groups (broad SMARTS) is 1. The molecule has 0 heterocycles. The van der Waals surface area contributed by atoms with E-state index in [4.69, 9.17) is 11.6 Å². The van der Waals surface area contributed by atoms with Gasteiger partial charge in [0, 0.05) is 11.4 Å². The lowest BCUT2D eigenvalue weighted by Gasteiger charge is -2.32. The molecule has 0 saturated heterocycles. The van der Waals surface area contributed by atoms with Gasteiger partial charge in [0.15, 0.2) is 0 Å². The van der Waals surface area contributed by atoms with Gasteiger partial charge in [-0.2, -0.15) is 12.6 Å². The molecule has 2 aromatic rings. The number of carboxylic acids is 1. The fourth-order valence-electron chi connectivity index (χ4n) is 4.21. The Morgan fingerprint density at radius 2 is 1.53 bits per heavy atom. The van der Waals surface area contributed by atoms with E-state index >= 15 is 0 Å². The lowest BCUT2D eigenvalue weighted by atomic mass is 9.94. The molecule has 0 bridgehead atoms. The second-order valence-corrected chi connectivity index (χ2v) is 10.2. The summed E-state index contributed by atoms with van der Waals surface area (Å²) in [5.74, 6) is -1.87. The molecule has 0 aliphatic heterocycles.